The zero-order chi connectivity index (χ0) is 13.9. The minimum Gasteiger partial charge on any atom is -0.408 e. The Kier molecular flexibility index (Phi) is 3.65. The molecule has 0 aliphatic heterocycles. The van der Waals surface area contributed by atoms with Crippen LogP contribution >= 0.6 is 0 Å². The largest absolute Gasteiger partial charge is 0.408 e. The van der Waals surface area contributed by atoms with Gasteiger partial charge < -0.3 is 9.73 Å². The third kappa shape index (κ3) is 3.19. The van der Waals surface area contributed by atoms with Crippen LogP contribution in [0.2, 0.25) is 0 Å². The van der Waals surface area contributed by atoms with Gasteiger partial charge in [0.2, 0.25) is 5.89 Å². The van der Waals surface area contributed by atoms with Crippen LogP contribution < -0.4 is 10.0 Å². The summed E-state index contributed by atoms with van der Waals surface area (Å²) < 4.78 is 31.3. The average Bonchev–Trinajstić information content (AvgIpc) is 2.75. The molecule has 0 aliphatic rings. The van der Waals surface area contributed by atoms with Gasteiger partial charge in [0.1, 0.15) is 5.82 Å². The molecule has 0 aromatic carbocycles. The van der Waals surface area contributed by atoms with Crippen molar-refractivity contribution in [2.45, 2.75) is 18.7 Å². The molecule has 0 spiro atoms. The van der Waals surface area contributed by atoms with Gasteiger partial charge in [-0.15, -0.1) is 5.10 Å². The number of rotatable bonds is 5. The third-order valence-corrected chi connectivity index (χ3v) is 3.47. The minimum absolute atomic E-state index is 0.0642. The van der Waals surface area contributed by atoms with Crippen LogP contribution in [0.4, 0.5) is 11.8 Å². The molecule has 0 unspecified atom stereocenters. The highest BCUT2D eigenvalue weighted by Crippen LogP contribution is 2.16. The molecular weight excluding hydrogens is 270 g/mol. The number of nitrogens with zero attached hydrogens (tertiary/aromatic N) is 3. The van der Waals surface area contributed by atoms with Crippen LogP contribution in [0.1, 0.15) is 12.8 Å². The number of sulfonamides is 1. The highest BCUT2D eigenvalue weighted by atomic mass is 32.2. The highest BCUT2D eigenvalue weighted by Gasteiger charge is 2.18. The van der Waals surface area contributed by atoms with Crippen molar-refractivity contribution in [3.63, 3.8) is 0 Å². The lowest BCUT2D eigenvalue weighted by atomic mass is 10.4. The van der Waals surface area contributed by atoms with Crippen molar-refractivity contribution < 1.29 is 12.8 Å². The molecule has 19 heavy (non-hydrogen) atoms. The smallest absolute Gasteiger partial charge is 0.329 e. The zero-order valence-electron chi connectivity index (χ0n) is 10.4. The lowest BCUT2D eigenvalue weighted by Gasteiger charge is -2.06. The van der Waals surface area contributed by atoms with Crippen molar-refractivity contribution in [3.05, 3.63) is 24.2 Å². The van der Waals surface area contributed by atoms with E-state index < -0.39 is 10.0 Å². The maximum absolute atomic E-state index is 12.1. The van der Waals surface area contributed by atoms with E-state index in [2.05, 4.69) is 25.2 Å². The predicted octanol–water partition coefficient (Wildman–Crippen LogP) is 1.01. The summed E-state index contributed by atoms with van der Waals surface area (Å²) in [6, 6.07) is 2.64. The summed E-state index contributed by atoms with van der Waals surface area (Å²) in [6.07, 6.45) is 1.41. The quantitative estimate of drug-likeness (QED) is 0.842. The molecule has 0 saturated heterocycles. The van der Waals surface area contributed by atoms with E-state index in [0.717, 1.165) is 0 Å². The summed E-state index contributed by atoms with van der Waals surface area (Å²) in [6.45, 7) is 4.11. The second kappa shape index (κ2) is 5.22. The highest BCUT2D eigenvalue weighted by molar-refractivity contribution is 7.92. The fourth-order valence-electron chi connectivity index (χ4n) is 1.37. The van der Waals surface area contributed by atoms with E-state index in [1.54, 1.807) is 6.92 Å². The molecule has 0 fully saturated rings. The van der Waals surface area contributed by atoms with Gasteiger partial charge in [-0.1, -0.05) is 5.10 Å². The van der Waals surface area contributed by atoms with Gasteiger partial charge >= 0.3 is 6.01 Å². The fraction of sp³-hybridized carbons (Fsp3) is 0.300. The molecule has 0 radical (unpaired) electrons. The Bertz CT molecular complexity index is 667. The van der Waals surface area contributed by atoms with Gasteiger partial charge in [-0.3, -0.25) is 0 Å². The van der Waals surface area contributed by atoms with E-state index in [1.165, 1.54) is 18.3 Å². The summed E-state index contributed by atoms with van der Waals surface area (Å²) in [4.78, 5) is 4.06. The molecular formula is C10H13N5O3S. The molecule has 8 nitrogen and oxygen atoms in total. The van der Waals surface area contributed by atoms with E-state index in [1.807, 2.05) is 6.92 Å². The lowest BCUT2D eigenvalue weighted by Crippen LogP contribution is -2.14. The summed E-state index contributed by atoms with van der Waals surface area (Å²) in [7, 11) is -3.77. The van der Waals surface area contributed by atoms with Crippen molar-refractivity contribution in [1.29, 1.82) is 0 Å². The molecule has 2 N–H and O–H groups in total. The Morgan fingerprint density at radius 1 is 1.37 bits per heavy atom. The van der Waals surface area contributed by atoms with Crippen LogP contribution in [0.5, 0.6) is 0 Å². The molecule has 2 aromatic rings. The van der Waals surface area contributed by atoms with Crippen molar-refractivity contribution >= 4 is 21.9 Å². The van der Waals surface area contributed by atoms with Crippen LogP contribution in [0.15, 0.2) is 27.6 Å². The summed E-state index contributed by atoms with van der Waals surface area (Å²) in [5, 5.41) is 10.1. The molecule has 0 bridgehead atoms. The van der Waals surface area contributed by atoms with Gasteiger partial charge in [0, 0.05) is 25.7 Å². The van der Waals surface area contributed by atoms with E-state index >= 15 is 0 Å². The number of anilines is 2. The number of hydrogen-bond donors (Lipinski definition) is 2. The number of aryl methyl sites for hydroxylation is 1. The molecule has 2 heterocycles. The maximum Gasteiger partial charge on any atom is 0.329 e. The monoisotopic (exact) mass is 283 g/mol. The molecule has 0 amide bonds. The molecule has 102 valence electrons. The van der Waals surface area contributed by atoms with Crippen LogP contribution in [-0.4, -0.2) is 30.1 Å². The van der Waals surface area contributed by atoms with Gasteiger partial charge in [0.25, 0.3) is 10.0 Å². The Morgan fingerprint density at radius 2 is 2.16 bits per heavy atom. The second-order valence-corrected chi connectivity index (χ2v) is 5.32. The standard InChI is InChI=1S/C10H13N5O3S/c1-3-11-9-6-8(4-5-12-9)19(16,17)15-10-14-13-7(2)18-10/h4-6H,3H2,1-2H3,(H,11,12)(H,14,15). The zero-order valence-corrected chi connectivity index (χ0v) is 11.2. The Labute approximate surface area is 110 Å². The van der Waals surface area contributed by atoms with Crippen LogP contribution in [-0.2, 0) is 10.0 Å². The van der Waals surface area contributed by atoms with Crippen LogP contribution in [0.3, 0.4) is 0 Å². The maximum atomic E-state index is 12.1. The molecule has 2 aromatic heterocycles. The summed E-state index contributed by atoms with van der Waals surface area (Å²) in [5.74, 6) is 0.757. The topological polar surface area (TPSA) is 110 Å². The number of hydrogen-bond acceptors (Lipinski definition) is 7. The van der Waals surface area contributed by atoms with Crippen LogP contribution in [0, 0.1) is 6.92 Å². The van der Waals surface area contributed by atoms with Crippen molar-refractivity contribution in [1.82, 2.24) is 15.2 Å². The first kappa shape index (κ1) is 13.3. The molecule has 0 atom stereocenters. The first-order chi connectivity index (χ1) is 9.01. The SMILES string of the molecule is CCNc1cc(S(=O)(=O)Nc2nnc(C)o2)ccn1. The fourth-order valence-corrected chi connectivity index (χ4v) is 2.30. The van der Waals surface area contributed by atoms with E-state index in [0.29, 0.717) is 12.4 Å². The van der Waals surface area contributed by atoms with Crippen molar-refractivity contribution in [3.8, 4) is 0 Å². The van der Waals surface area contributed by atoms with Gasteiger partial charge in [-0.05, 0) is 13.0 Å². The first-order valence-corrected chi connectivity index (χ1v) is 7.02. The number of aromatic nitrogens is 3. The van der Waals surface area contributed by atoms with E-state index in [-0.39, 0.29) is 16.8 Å². The molecule has 2 rings (SSSR count). The summed E-state index contributed by atoms with van der Waals surface area (Å²) in [5.41, 5.74) is 0. The third-order valence-electron chi connectivity index (χ3n) is 2.15. The molecule has 9 heteroatoms. The Morgan fingerprint density at radius 3 is 2.79 bits per heavy atom. The predicted molar refractivity (Wildman–Crippen MR) is 68.2 cm³/mol. The lowest BCUT2D eigenvalue weighted by molar-refractivity contribution is 0.534. The Hall–Kier alpha value is -2.16. The average molecular weight is 283 g/mol. The van der Waals surface area contributed by atoms with E-state index in [4.69, 9.17) is 4.42 Å². The molecule has 0 aliphatic carbocycles. The van der Waals surface area contributed by atoms with Gasteiger partial charge in [-0.25, -0.2) is 18.1 Å². The van der Waals surface area contributed by atoms with Crippen molar-refractivity contribution in [2.24, 2.45) is 0 Å². The van der Waals surface area contributed by atoms with E-state index in [9.17, 15) is 8.42 Å². The van der Waals surface area contributed by atoms with Gasteiger partial charge in [0.05, 0.1) is 4.90 Å². The first-order valence-electron chi connectivity index (χ1n) is 5.54. The number of pyridine rings is 1. The van der Waals surface area contributed by atoms with Crippen molar-refractivity contribution in [2.75, 3.05) is 16.6 Å². The number of nitrogens with one attached hydrogen (secondary N) is 2. The summed E-state index contributed by atoms with van der Waals surface area (Å²) >= 11 is 0. The minimum atomic E-state index is -3.77. The normalized spacial score (nSPS) is 11.3. The van der Waals surface area contributed by atoms with Gasteiger partial charge in [0.15, 0.2) is 0 Å². The van der Waals surface area contributed by atoms with Gasteiger partial charge in [-0.2, -0.15) is 0 Å². The molecule has 0 saturated carbocycles. The Balaban J connectivity index is 2.26. The van der Waals surface area contributed by atoms with Crippen LogP contribution in [0.25, 0.3) is 0 Å². The second-order valence-electron chi connectivity index (χ2n) is 3.64.